The maximum atomic E-state index is 12.3. The minimum atomic E-state index is -0.849. The predicted molar refractivity (Wildman–Crippen MR) is 91.2 cm³/mol. The minimum absolute atomic E-state index is 0.226. The van der Waals surface area contributed by atoms with Gasteiger partial charge in [-0.3, -0.25) is 4.79 Å². The summed E-state index contributed by atoms with van der Waals surface area (Å²) in [6, 6.07) is 8.85. The molecule has 0 saturated carbocycles. The van der Waals surface area contributed by atoms with Crippen molar-refractivity contribution in [3.63, 3.8) is 0 Å². The molecule has 0 spiro atoms. The van der Waals surface area contributed by atoms with Crippen molar-refractivity contribution in [3.05, 3.63) is 63.5 Å². The fourth-order valence-corrected chi connectivity index (χ4v) is 2.28. The summed E-state index contributed by atoms with van der Waals surface area (Å²) in [7, 11) is 0. The highest BCUT2D eigenvalue weighted by atomic mass is 79.9. The first-order valence-corrected chi connectivity index (χ1v) is 7.91. The Kier molecular flexibility index (Phi) is 5.55. The van der Waals surface area contributed by atoms with Crippen LogP contribution in [0.25, 0.3) is 6.08 Å². The minimum Gasteiger partial charge on any atom is -0.451 e. The molecule has 2 rings (SSSR count). The van der Waals surface area contributed by atoms with Crippen molar-refractivity contribution in [2.45, 2.75) is 26.9 Å². The second-order valence-electron chi connectivity index (χ2n) is 5.22. The van der Waals surface area contributed by atoms with Gasteiger partial charge in [0.2, 0.25) is 5.78 Å². The highest BCUT2D eigenvalue weighted by molar-refractivity contribution is 9.10. The van der Waals surface area contributed by atoms with Gasteiger partial charge in [-0.05, 0) is 72.1 Å². The van der Waals surface area contributed by atoms with Gasteiger partial charge < -0.3 is 9.15 Å². The molecule has 2 aromatic rings. The lowest BCUT2D eigenvalue weighted by Gasteiger charge is -2.11. The van der Waals surface area contributed by atoms with Crippen LogP contribution < -0.4 is 0 Å². The van der Waals surface area contributed by atoms with Gasteiger partial charge in [0.05, 0.1) is 0 Å². The number of rotatable bonds is 5. The van der Waals surface area contributed by atoms with Crippen LogP contribution in [0.2, 0.25) is 0 Å². The molecule has 0 bridgehead atoms. The third-order valence-electron chi connectivity index (χ3n) is 3.43. The molecule has 0 aliphatic rings. The van der Waals surface area contributed by atoms with E-state index in [4.69, 9.17) is 9.15 Å². The standard InChI is InChI=1S/C18H17BrO4/c1-11-4-5-14(10-12(11)2)18(21)13(3)22-17(20)9-7-15-6-8-16(19)23-15/h4-10,13H,1-3H3/b9-7+/t13-/m0/s1. The van der Waals surface area contributed by atoms with Crippen LogP contribution in [-0.4, -0.2) is 17.9 Å². The molecule has 23 heavy (non-hydrogen) atoms. The summed E-state index contributed by atoms with van der Waals surface area (Å²) in [5.41, 5.74) is 2.67. The summed E-state index contributed by atoms with van der Waals surface area (Å²) in [6.45, 7) is 5.48. The van der Waals surface area contributed by atoms with Gasteiger partial charge in [0.15, 0.2) is 10.8 Å². The molecule has 0 amide bonds. The first kappa shape index (κ1) is 17.2. The van der Waals surface area contributed by atoms with E-state index in [-0.39, 0.29) is 5.78 Å². The number of ether oxygens (including phenoxy) is 1. The number of halogens is 1. The molecule has 0 unspecified atom stereocenters. The Labute approximate surface area is 143 Å². The Bertz CT molecular complexity index is 758. The Balaban J connectivity index is 1.98. The number of carbonyl (C=O) groups excluding carboxylic acids is 2. The van der Waals surface area contributed by atoms with Crippen molar-refractivity contribution >= 4 is 33.8 Å². The van der Waals surface area contributed by atoms with Crippen molar-refractivity contribution in [1.29, 1.82) is 0 Å². The number of carbonyl (C=O) groups is 2. The van der Waals surface area contributed by atoms with Gasteiger partial charge in [-0.2, -0.15) is 0 Å². The van der Waals surface area contributed by atoms with Crippen molar-refractivity contribution in [2.75, 3.05) is 0 Å². The Morgan fingerprint density at radius 2 is 1.91 bits per heavy atom. The van der Waals surface area contributed by atoms with E-state index >= 15 is 0 Å². The Morgan fingerprint density at radius 1 is 1.17 bits per heavy atom. The first-order valence-electron chi connectivity index (χ1n) is 7.12. The van der Waals surface area contributed by atoms with Crippen LogP contribution in [0, 0.1) is 13.8 Å². The van der Waals surface area contributed by atoms with Crippen LogP contribution in [0.15, 0.2) is 45.5 Å². The van der Waals surface area contributed by atoms with E-state index in [2.05, 4.69) is 15.9 Å². The maximum absolute atomic E-state index is 12.3. The van der Waals surface area contributed by atoms with Crippen molar-refractivity contribution < 1.29 is 18.7 Å². The van der Waals surface area contributed by atoms with Gasteiger partial charge in [0.25, 0.3) is 0 Å². The first-order chi connectivity index (χ1) is 10.9. The number of esters is 1. The SMILES string of the molecule is Cc1ccc(C(=O)[C@H](C)OC(=O)/C=C/c2ccc(Br)o2)cc1C. The number of aryl methyl sites for hydroxylation is 2. The summed E-state index contributed by atoms with van der Waals surface area (Å²) in [5, 5.41) is 0. The van der Waals surface area contributed by atoms with Crippen molar-refractivity contribution in [1.82, 2.24) is 0 Å². The summed E-state index contributed by atoms with van der Waals surface area (Å²) >= 11 is 3.17. The summed E-state index contributed by atoms with van der Waals surface area (Å²) in [4.78, 5) is 24.1. The molecule has 1 aromatic heterocycles. The van der Waals surface area contributed by atoms with E-state index in [1.165, 1.54) is 12.2 Å². The maximum Gasteiger partial charge on any atom is 0.331 e. The molecule has 5 heteroatoms. The van der Waals surface area contributed by atoms with E-state index in [0.717, 1.165) is 11.1 Å². The summed E-state index contributed by atoms with van der Waals surface area (Å²) < 4.78 is 10.9. The van der Waals surface area contributed by atoms with Crippen LogP contribution in [0.5, 0.6) is 0 Å². The average Bonchev–Trinajstić information content (AvgIpc) is 2.93. The van der Waals surface area contributed by atoms with Gasteiger partial charge in [-0.15, -0.1) is 0 Å². The number of hydrogen-bond donors (Lipinski definition) is 0. The molecule has 0 radical (unpaired) electrons. The molecule has 1 heterocycles. The van der Waals surface area contributed by atoms with E-state index in [1.807, 2.05) is 19.9 Å². The van der Waals surface area contributed by atoms with Gasteiger partial charge >= 0.3 is 5.97 Å². The molecule has 1 atom stereocenters. The molecule has 1 aromatic carbocycles. The largest absolute Gasteiger partial charge is 0.451 e. The highest BCUT2D eigenvalue weighted by Gasteiger charge is 2.18. The third kappa shape index (κ3) is 4.66. The molecule has 0 fully saturated rings. The number of benzene rings is 1. The van der Waals surface area contributed by atoms with Crippen molar-refractivity contribution in [3.8, 4) is 0 Å². The molecule has 0 aliphatic carbocycles. The van der Waals surface area contributed by atoms with Crippen LogP contribution in [0.3, 0.4) is 0 Å². The number of Topliss-reactive ketones (excluding diaryl/α,β-unsaturated/α-hetero) is 1. The molecule has 0 aliphatic heterocycles. The van der Waals surface area contributed by atoms with E-state index in [1.54, 1.807) is 31.2 Å². The molecule has 120 valence electrons. The van der Waals surface area contributed by atoms with Gasteiger partial charge in [0.1, 0.15) is 5.76 Å². The Morgan fingerprint density at radius 3 is 2.52 bits per heavy atom. The number of ketones is 1. The van der Waals surface area contributed by atoms with Crippen LogP contribution in [0.1, 0.15) is 34.2 Å². The fraction of sp³-hybridized carbons (Fsp3) is 0.222. The molecule has 0 saturated heterocycles. The predicted octanol–water partition coefficient (Wildman–Crippen LogP) is 4.49. The molecular weight excluding hydrogens is 360 g/mol. The number of hydrogen-bond acceptors (Lipinski definition) is 4. The fourth-order valence-electron chi connectivity index (χ4n) is 1.96. The zero-order valence-electron chi connectivity index (χ0n) is 13.1. The van der Waals surface area contributed by atoms with E-state index < -0.39 is 12.1 Å². The number of furan rings is 1. The van der Waals surface area contributed by atoms with Crippen LogP contribution in [-0.2, 0) is 9.53 Å². The quantitative estimate of drug-likeness (QED) is 0.438. The lowest BCUT2D eigenvalue weighted by molar-refractivity contribution is -0.140. The smallest absolute Gasteiger partial charge is 0.331 e. The molecule has 0 N–H and O–H groups in total. The lowest BCUT2D eigenvalue weighted by atomic mass is 10.0. The van der Waals surface area contributed by atoms with Crippen LogP contribution in [0.4, 0.5) is 0 Å². The lowest BCUT2D eigenvalue weighted by Crippen LogP contribution is -2.23. The second-order valence-corrected chi connectivity index (χ2v) is 6.00. The normalized spacial score (nSPS) is 12.3. The zero-order valence-corrected chi connectivity index (χ0v) is 14.7. The van der Waals surface area contributed by atoms with Crippen LogP contribution >= 0.6 is 15.9 Å². The van der Waals surface area contributed by atoms with Crippen molar-refractivity contribution in [2.24, 2.45) is 0 Å². The van der Waals surface area contributed by atoms with E-state index in [9.17, 15) is 9.59 Å². The zero-order chi connectivity index (χ0) is 17.0. The summed E-state index contributed by atoms with van der Waals surface area (Å²) in [5.74, 6) is -0.306. The summed E-state index contributed by atoms with van der Waals surface area (Å²) in [6.07, 6.45) is 1.87. The Hall–Kier alpha value is -2.14. The highest BCUT2D eigenvalue weighted by Crippen LogP contribution is 2.16. The molecular formula is C18H17BrO4. The van der Waals surface area contributed by atoms with Gasteiger partial charge in [0, 0.05) is 11.6 Å². The topological polar surface area (TPSA) is 56.5 Å². The van der Waals surface area contributed by atoms with Gasteiger partial charge in [-0.1, -0.05) is 12.1 Å². The molecule has 4 nitrogen and oxygen atoms in total. The monoisotopic (exact) mass is 376 g/mol. The van der Waals surface area contributed by atoms with Gasteiger partial charge in [-0.25, -0.2) is 4.79 Å². The average molecular weight is 377 g/mol. The van der Waals surface area contributed by atoms with E-state index in [0.29, 0.717) is 16.0 Å². The second kappa shape index (κ2) is 7.42. The third-order valence-corrected chi connectivity index (χ3v) is 3.86.